The fraction of sp³-hybridized carbons (Fsp3) is 0.321. The van der Waals surface area contributed by atoms with Crippen LogP contribution in [0.5, 0.6) is 5.75 Å². The van der Waals surface area contributed by atoms with E-state index >= 15 is 0 Å². The van der Waals surface area contributed by atoms with Gasteiger partial charge in [0, 0.05) is 25.6 Å². The van der Waals surface area contributed by atoms with Gasteiger partial charge >= 0.3 is 0 Å². The average Bonchev–Trinajstić information content (AvgIpc) is 2.92. The Labute approximate surface area is 213 Å². The van der Waals surface area contributed by atoms with E-state index in [1.54, 1.807) is 18.2 Å². The van der Waals surface area contributed by atoms with Gasteiger partial charge in [-0.15, -0.1) is 0 Å². The Morgan fingerprint density at radius 3 is 2.17 bits per heavy atom. The molecule has 1 fully saturated rings. The molecule has 3 aromatic rings. The van der Waals surface area contributed by atoms with Gasteiger partial charge in [-0.05, 0) is 35.2 Å². The lowest BCUT2D eigenvalue weighted by Gasteiger charge is -2.26. The van der Waals surface area contributed by atoms with Crippen molar-refractivity contribution in [2.75, 3.05) is 40.0 Å². The van der Waals surface area contributed by atoms with Gasteiger partial charge < -0.3 is 14.8 Å². The first-order valence-electron chi connectivity index (χ1n) is 12.1. The normalized spacial score (nSPS) is 14.5. The highest BCUT2D eigenvalue weighted by atomic mass is 32.2. The third-order valence-corrected chi connectivity index (χ3v) is 8.26. The number of ether oxygens (including phenoxy) is 2. The maximum absolute atomic E-state index is 13.2. The number of nitrogens with one attached hydrogen (secondary N) is 1. The summed E-state index contributed by atoms with van der Waals surface area (Å²) in [5.74, 6) is 0.271. The topological polar surface area (TPSA) is 84.9 Å². The van der Waals surface area contributed by atoms with Crippen LogP contribution in [0.15, 0.2) is 83.8 Å². The number of amides is 1. The van der Waals surface area contributed by atoms with Crippen molar-refractivity contribution >= 4 is 15.9 Å². The van der Waals surface area contributed by atoms with E-state index in [1.165, 1.54) is 22.5 Å². The van der Waals surface area contributed by atoms with Gasteiger partial charge in [-0.3, -0.25) is 4.79 Å². The van der Waals surface area contributed by atoms with Crippen LogP contribution in [-0.2, 0) is 26.0 Å². The summed E-state index contributed by atoms with van der Waals surface area (Å²) in [7, 11) is -2.32. The Bertz CT molecular complexity index is 1200. The first-order valence-corrected chi connectivity index (χ1v) is 13.5. The standard InChI is InChI=1S/C28H32N2O5S/c1-34-26-13-12-22(20-27(26)36(32,33)30-16-18-35-19-17-30)21-28(31)29-15-14-25(23-8-4-2-5-9-23)24-10-6-3-7-11-24/h2-13,20,25H,14-19,21H2,1H3,(H,29,31). The van der Waals surface area contributed by atoms with Gasteiger partial charge in [0.25, 0.3) is 0 Å². The second-order valence-corrected chi connectivity index (χ2v) is 10.6. The molecule has 4 rings (SSSR count). The van der Waals surface area contributed by atoms with Crippen molar-refractivity contribution in [3.05, 3.63) is 95.6 Å². The monoisotopic (exact) mass is 508 g/mol. The van der Waals surface area contributed by atoms with Crippen molar-refractivity contribution in [1.82, 2.24) is 9.62 Å². The lowest BCUT2D eigenvalue weighted by atomic mass is 9.88. The van der Waals surface area contributed by atoms with E-state index in [-0.39, 0.29) is 28.9 Å². The van der Waals surface area contributed by atoms with Crippen LogP contribution in [0.4, 0.5) is 0 Å². The van der Waals surface area contributed by atoms with Crippen LogP contribution in [0.25, 0.3) is 0 Å². The van der Waals surface area contributed by atoms with Crippen LogP contribution in [-0.4, -0.2) is 58.6 Å². The van der Waals surface area contributed by atoms with E-state index in [1.807, 2.05) is 36.4 Å². The molecule has 0 saturated carbocycles. The molecule has 0 aliphatic carbocycles. The van der Waals surface area contributed by atoms with E-state index in [2.05, 4.69) is 29.6 Å². The van der Waals surface area contributed by atoms with Gasteiger partial charge in [0.2, 0.25) is 15.9 Å². The highest BCUT2D eigenvalue weighted by Gasteiger charge is 2.29. The highest BCUT2D eigenvalue weighted by Crippen LogP contribution is 2.29. The lowest BCUT2D eigenvalue weighted by molar-refractivity contribution is -0.120. The number of hydrogen-bond acceptors (Lipinski definition) is 5. The summed E-state index contributed by atoms with van der Waals surface area (Å²) in [5.41, 5.74) is 3.01. The molecule has 7 nitrogen and oxygen atoms in total. The molecule has 1 amide bonds. The predicted molar refractivity (Wildman–Crippen MR) is 139 cm³/mol. The average molecular weight is 509 g/mol. The summed E-state index contributed by atoms with van der Waals surface area (Å²) < 4.78 is 38.4. The minimum absolute atomic E-state index is 0.0745. The second kappa shape index (κ2) is 12.2. The molecule has 3 aromatic carbocycles. The minimum Gasteiger partial charge on any atom is -0.495 e. The van der Waals surface area contributed by atoms with Gasteiger partial charge in [0.1, 0.15) is 10.6 Å². The van der Waals surface area contributed by atoms with Gasteiger partial charge in [0.05, 0.1) is 26.7 Å². The van der Waals surface area contributed by atoms with Crippen molar-refractivity contribution in [2.24, 2.45) is 0 Å². The number of methoxy groups -OCH3 is 1. The summed E-state index contributed by atoms with van der Waals surface area (Å²) in [6.07, 6.45) is 0.829. The Kier molecular flexibility index (Phi) is 8.74. The molecule has 0 unspecified atom stereocenters. The van der Waals surface area contributed by atoms with Gasteiger partial charge in [-0.1, -0.05) is 66.7 Å². The summed E-state index contributed by atoms with van der Waals surface area (Å²) in [6.45, 7) is 1.80. The van der Waals surface area contributed by atoms with E-state index in [9.17, 15) is 13.2 Å². The Morgan fingerprint density at radius 1 is 0.972 bits per heavy atom. The lowest BCUT2D eigenvalue weighted by Crippen LogP contribution is -2.40. The summed E-state index contributed by atoms with van der Waals surface area (Å²) in [6, 6.07) is 25.4. The molecule has 1 saturated heterocycles. The molecule has 1 aliphatic heterocycles. The Hall–Kier alpha value is -3.20. The minimum atomic E-state index is -3.76. The molecule has 1 N–H and O–H groups in total. The van der Waals surface area contributed by atoms with E-state index in [0.29, 0.717) is 38.4 Å². The van der Waals surface area contributed by atoms with Gasteiger partial charge in [-0.2, -0.15) is 4.31 Å². The number of rotatable bonds is 10. The van der Waals surface area contributed by atoms with Crippen molar-refractivity contribution in [3.8, 4) is 5.75 Å². The maximum Gasteiger partial charge on any atom is 0.246 e. The fourth-order valence-corrected chi connectivity index (χ4v) is 6.07. The van der Waals surface area contributed by atoms with E-state index in [4.69, 9.17) is 9.47 Å². The van der Waals surface area contributed by atoms with Crippen LogP contribution in [0, 0.1) is 0 Å². The number of morpholine rings is 1. The largest absolute Gasteiger partial charge is 0.495 e. The highest BCUT2D eigenvalue weighted by molar-refractivity contribution is 7.89. The van der Waals surface area contributed by atoms with Crippen LogP contribution in [0.2, 0.25) is 0 Å². The molecule has 190 valence electrons. The van der Waals surface area contributed by atoms with Crippen LogP contribution in [0.1, 0.15) is 29.0 Å². The molecular weight excluding hydrogens is 476 g/mol. The number of nitrogens with zero attached hydrogens (tertiary/aromatic N) is 1. The first kappa shape index (κ1) is 25.9. The number of benzene rings is 3. The molecule has 0 spiro atoms. The van der Waals surface area contributed by atoms with Crippen molar-refractivity contribution in [3.63, 3.8) is 0 Å². The summed E-state index contributed by atoms with van der Waals surface area (Å²) in [5, 5.41) is 3.00. The van der Waals surface area contributed by atoms with Crippen LogP contribution < -0.4 is 10.1 Å². The van der Waals surface area contributed by atoms with Crippen molar-refractivity contribution < 1.29 is 22.7 Å². The first-order chi connectivity index (χ1) is 17.5. The molecule has 8 heteroatoms. The van der Waals surface area contributed by atoms with Gasteiger partial charge in [-0.25, -0.2) is 8.42 Å². The molecule has 0 radical (unpaired) electrons. The quantitative estimate of drug-likeness (QED) is 0.452. The van der Waals surface area contributed by atoms with E-state index < -0.39 is 10.0 Å². The van der Waals surface area contributed by atoms with Crippen LogP contribution in [0.3, 0.4) is 0 Å². The fourth-order valence-electron chi connectivity index (χ4n) is 4.46. The van der Waals surface area contributed by atoms with Crippen LogP contribution >= 0.6 is 0 Å². The van der Waals surface area contributed by atoms with Crippen molar-refractivity contribution in [1.29, 1.82) is 0 Å². The zero-order chi connectivity index (χ0) is 25.4. The Balaban J connectivity index is 1.42. The molecule has 0 aromatic heterocycles. The number of hydrogen-bond donors (Lipinski definition) is 1. The Morgan fingerprint density at radius 2 is 1.58 bits per heavy atom. The number of carbonyl (C=O) groups excluding carboxylic acids is 1. The van der Waals surface area contributed by atoms with Gasteiger partial charge in [0.15, 0.2) is 0 Å². The predicted octanol–water partition coefficient (Wildman–Crippen LogP) is 3.60. The summed E-state index contributed by atoms with van der Waals surface area (Å²) >= 11 is 0. The molecule has 1 aliphatic rings. The number of carbonyl (C=O) groups is 1. The molecule has 0 atom stereocenters. The van der Waals surface area contributed by atoms with E-state index in [0.717, 1.165) is 6.42 Å². The smallest absolute Gasteiger partial charge is 0.246 e. The SMILES string of the molecule is COc1ccc(CC(=O)NCCC(c2ccccc2)c2ccccc2)cc1S(=O)(=O)N1CCOCC1. The maximum atomic E-state index is 13.2. The molecule has 0 bridgehead atoms. The molecular formula is C28H32N2O5S. The third kappa shape index (κ3) is 6.32. The third-order valence-electron chi connectivity index (χ3n) is 6.34. The molecule has 1 heterocycles. The zero-order valence-electron chi connectivity index (χ0n) is 20.4. The van der Waals surface area contributed by atoms with Crippen molar-refractivity contribution in [2.45, 2.75) is 23.7 Å². The number of sulfonamides is 1. The molecule has 36 heavy (non-hydrogen) atoms. The summed E-state index contributed by atoms with van der Waals surface area (Å²) in [4.78, 5) is 12.8. The second-order valence-electron chi connectivity index (χ2n) is 8.69. The zero-order valence-corrected chi connectivity index (χ0v) is 21.2.